The van der Waals surface area contributed by atoms with Gasteiger partial charge >= 0.3 is 6.18 Å². The third-order valence-electron chi connectivity index (χ3n) is 6.71. The van der Waals surface area contributed by atoms with Crippen molar-refractivity contribution in [2.24, 2.45) is 0 Å². The van der Waals surface area contributed by atoms with Gasteiger partial charge in [-0.3, -0.25) is 4.79 Å². The summed E-state index contributed by atoms with van der Waals surface area (Å²) in [5.41, 5.74) is -0.119. The van der Waals surface area contributed by atoms with Crippen molar-refractivity contribution in [2.75, 3.05) is 51.3 Å². The molecule has 0 bridgehead atoms. The van der Waals surface area contributed by atoms with Crippen LogP contribution in [0.15, 0.2) is 47.4 Å². The van der Waals surface area contributed by atoms with Crippen LogP contribution in [0, 0.1) is 0 Å². The molecule has 0 atom stereocenters. The van der Waals surface area contributed by atoms with Crippen LogP contribution in [0.5, 0.6) is 5.75 Å². The van der Waals surface area contributed by atoms with Crippen LogP contribution in [0.2, 0.25) is 0 Å². The summed E-state index contributed by atoms with van der Waals surface area (Å²) < 4.78 is 72.6. The number of anilines is 1. The Labute approximate surface area is 209 Å². The van der Waals surface area contributed by atoms with Crippen LogP contribution in [0.1, 0.15) is 41.6 Å². The number of hydrogen-bond acceptors (Lipinski definition) is 5. The van der Waals surface area contributed by atoms with Gasteiger partial charge in [0.25, 0.3) is 5.91 Å². The van der Waals surface area contributed by atoms with E-state index in [0.29, 0.717) is 31.9 Å². The van der Waals surface area contributed by atoms with Crippen molar-refractivity contribution in [3.05, 3.63) is 53.6 Å². The van der Waals surface area contributed by atoms with Gasteiger partial charge in [-0.05, 0) is 49.2 Å². The molecule has 2 fully saturated rings. The number of methoxy groups -OCH3 is 1. The highest BCUT2D eigenvalue weighted by atomic mass is 32.2. The summed E-state index contributed by atoms with van der Waals surface area (Å²) >= 11 is 0. The van der Waals surface area contributed by atoms with E-state index in [1.54, 1.807) is 15.9 Å². The van der Waals surface area contributed by atoms with Gasteiger partial charge in [0.05, 0.1) is 23.1 Å². The predicted octanol–water partition coefficient (Wildman–Crippen LogP) is 4.24. The second kappa shape index (κ2) is 10.7. The van der Waals surface area contributed by atoms with E-state index in [4.69, 9.17) is 4.74 Å². The number of piperazine rings is 1. The number of rotatable bonds is 5. The monoisotopic (exact) mass is 525 g/mol. The molecule has 36 heavy (non-hydrogen) atoms. The maximum absolute atomic E-state index is 13.4. The zero-order valence-electron chi connectivity index (χ0n) is 20.1. The van der Waals surface area contributed by atoms with Crippen molar-refractivity contribution < 1.29 is 31.1 Å². The summed E-state index contributed by atoms with van der Waals surface area (Å²) in [7, 11) is -2.33. The van der Waals surface area contributed by atoms with E-state index in [2.05, 4.69) is 0 Å². The molecule has 2 aromatic rings. The molecule has 11 heteroatoms. The fourth-order valence-corrected chi connectivity index (χ4v) is 6.21. The van der Waals surface area contributed by atoms with Gasteiger partial charge in [0.2, 0.25) is 10.0 Å². The first-order valence-electron chi connectivity index (χ1n) is 12.0. The first-order chi connectivity index (χ1) is 17.1. The van der Waals surface area contributed by atoms with Crippen LogP contribution < -0.4 is 9.64 Å². The number of amides is 1. The lowest BCUT2D eigenvalue weighted by molar-refractivity contribution is -0.137. The zero-order valence-corrected chi connectivity index (χ0v) is 20.9. The van der Waals surface area contributed by atoms with Crippen LogP contribution in [0.4, 0.5) is 18.9 Å². The third-order valence-corrected chi connectivity index (χ3v) is 8.60. The summed E-state index contributed by atoms with van der Waals surface area (Å²) in [6, 6.07) is 9.46. The Morgan fingerprint density at radius 1 is 0.889 bits per heavy atom. The topological polar surface area (TPSA) is 70.2 Å². The van der Waals surface area contributed by atoms with Crippen molar-refractivity contribution in [3.63, 3.8) is 0 Å². The van der Waals surface area contributed by atoms with E-state index in [9.17, 15) is 26.4 Å². The number of hydrogen-bond donors (Lipinski definition) is 0. The van der Waals surface area contributed by atoms with Crippen LogP contribution in [-0.2, 0) is 16.2 Å². The summed E-state index contributed by atoms with van der Waals surface area (Å²) in [6.45, 7) is 2.16. The van der Waals surface area contributed by atoms with Crippen LogP contribution in [0.25, 0.3) is 0 Å². The number of ether oxygens (including phenoxy) is 1. The molecule has 0 N–H and O–H groups in total. The van der Waals surface area contributed by atoms with Crippen molar-refractivity contribution >= 4 is 21.6 Å². The highest BCUT2D eigenvalue weighted by molar-refractivity contribution is 7.89. The average Bonchev–Trinajstić information content (AvgIpc) is 3.18. The molecule has 0 aromatic heterocycles. The molecule has 0 aliphatic carbocycles. The van der Waals surface area contributed by atoms with E-state index in [0.717, 1.165) is 37.8 Å². The van der Waals surface area contributed by atoms with Crippen LogP contribution >= 0.6 is 0 Å². The van der Waals surface area contributed by atoms with Crippen molar-refractivity contribution in [1.29, 1.82) is 0 Å². The number of benzene rings is 2. The molecule has 4 rings (SSSR count). The van der Waals surface area contributed by atoms with Gasteiger partial charge in [-0.2, -0.15) is 17.5 Å². The number of carbonyl (C=O) groups is 1. The Hall–Kier alpha value is -2.79. The molecule has 0 saturated carbocycles. The zero-order chi connectivity index (χ0) is 25.9. The highest BCUT2D eigenvalue weighted by Crippen LogP contribution is 2.32. The fraction of sp³-hybridized carbons (Fsp3) is 0.480. The summed E-state index contributed by atoms with van der Waals surface area (Å²) in [6.07, 6.45) is -0.840. The summed E-state index contributed by atoms with van der Waals surface area (Å²) in [5.74, 6) is -0.0985. The molecule has 0 unspecified atom stereocenters. The van der Waals surface area contributed by atoms with Gasteiger partial charge in [-0.15, -0.1) is 0 Å². The maximum Gasteiger partial charge on any atom is 0.416 e. The molecule has 2 aliphatic heterocycles. The molecule has 2 aromatic carbocycles. The Bertz CT molecular complexity index is 1190. The van der Waals surface area contributed by atoms with Crippen molar-refractivity contribution in [3.8, 4) is 5.75 Å². The number of carbonyl (C=O) groups excluding carboxylic acids is 1. The van der Waals surface area contributed by atoms with E-state index < -0.39 is 21.8 Å². The van der Waals surface area contributed by atoms with Crippen molar-refractivity contribution in [1.82, 2.24) is 9.21 Å². The minimum Gasteiger partial charge on any atom is -0.496 e. The maximum atomic E-state index is 13.4. The first-order valence-corrected chi connectivity index (χ1v) is 13.4. The summed E-state index contributed by atoms with van der Waals surface area (Å²) in [4.78, 5) is 16.8. The Balaban J connectivity index is 1.51. The molecule has 196 valence electrons. The third kappa shape index (κ3) is 5.62. The van der Waals surface area contributed by atoms with Gasteiger partial charge in [0, 0.05) is 45.0 Å². The molecule has 2 saturated heterocycles. The van der Waals surface area contributed by atoms with Crippen LogP contribution in [-0.4, -0.2) is 69.9 Å². The van der Waals surface area contributed by atoms with Gasteiger partial charge in [-0.25, -0.2) is 8.42 Å². The molecular formula is C25H30F3N3O4S. The van der Waals surface area contributed by atoms with E-state index in [1.807, 2.05) is 0 Å². The normalized spacial score (nSPS) is 18.1. The molecule has 1 amide bonds. The van der Waals surface area contributed by atoms with Gasteiger partial charge in [-0.1, -0.05) is 18.9 Å². The summed E-state index contributed by atoms with van der Waals surface area (Å²) in [5, 5.41) is 0. The standard InChI is InChI=1S/C25H30F3N3O4S/c1-35-23-10-9-21(36(33,34)31-11-4-2-3-5-12-31)18-22(23)24(32)30-15-13-29(14-16-30)20-8-6-7-19(17-20)25(26,27)28/h6-10,17-18H,2-5,11-16H2,1H3. The molecule has 0 spiro atoms. The van der Waals surface area contributed by atoms with Crippen molar-refractivity contribution in [2.45, 2.75) is 36.8 Å². The quantitative estimate of drug-likeness (QED) is 0.584. The number of nitrogens with zero attached hydrogens (tertiary/aromatic N) is 3. The highest BCUT2D eigenvalue weighted by Gasteiger charge is 2.32. The number of halogens is 3. The minimum absolute atomic E-state index is 0.0520. The fourth-order valence-electron chi connectivity index (χ4n) is 4.66. The van der Waals surface area contributed by atoms with Gasteiger partial charge in [0.1, 0.15) is 5.75 Å². The molecule has 0 radical (unpaired) electrons. The van der Waals surface area contributed by atoms with E-state index in [1.165, 1.54) is 35.7 Å². The minimum atomic E-state index is -4.43. The lowest BCUT2D eigenvalue weighted by atomic mass is 10.1. The SMILES string of the molecule is COc1ccc(S(=O)(=O)N2CCCCCC2)cc1C(=O)N1CCN(c2cccc(C(F)(F)F)c2)CC1. The second-order valence-corrected chi connectivity index (χ2v) is 10.9. The largest absolute Gasteiger partial charge is 0.496 e. The Kier molecular flexibility index (Phi) is 7.79. The van der Waals surface area contributed by atoms with Gasteiger partial charge < -0.3 is 14.5 Å². The smallest absolute Gasteiger partial charge is 0.416 e. The Morgan fingerprint density at radius 3 is 2.17 bits per heavy atom. The molecular weight excluding hydrogens is 495 g/mol. The average molecular weight is 526 g/mol. The molecule has 2 aliphatic rings. The predicted molar refractivity (Wildman–Crippen MR) is 130 cm³/mol. The van der Waals surface area contributed by atoms with Gasteiger partial charge in [0.15, 0.2) is 0 Å². The number of alkyl halides is 3. The molecule has 7 nitrogen and oxygen atoms in total. The molecule has 2 heterocycles. The number of sulfonamides is 1. The Morgan fingerprint density at radius 2 is 1.56 bits per heavy atom. The lowest BCUT2D eigenvalue weighted by Crippen LogP contribution is -2.49. The second-order valence-electron chi connectivity index (χ2n) is 9.01. The van der Waals surface area contributed by atoms with E-state index >= 15 is 0 Å². The van der Waals surface area contributed by atoms with E-state index in [-0.39, 0.29) is 35.2 Å². The first kappa shape index (κ1) is 26.3. The lowest BCUT2D eigenvalue weighted by Gasteiger charge is -2.36. The van der Waals surface area contributed by atoms with Crippen LogP contribution in [0.3, 0.4) is 0 Å².